The zero-order valence-electron chi connectivity index (χ0n) is 65.3. The Kier molecular flexibility index (Phi) is 21.4. The fourth-order valence-corrected chi connectivity index (χ4v) is 17.9. The predicted octanol–water partition coefficient (Wildman–Crippen LogP) is 26.4. The van der Waals surface area contributed by atoms with Crippen molar-refractivity contribution in [2.24, 2.45) is 0 Å². The van der Waals surface area contributed by atoms with Crippen LogP contribution in [0.4, 0.5) is 17.6 Å². The summed E-state index contributed by atoms with van der Waals surface area (Å²) in [6.45, 7) is 0. The minimum absolute atomic E-state index is 0. The van der Waals surface area contributed by atoms with E-state index in [2.05, 4.69) is 318 Å². The van der Waals surface area contributed by atoms with Crippen molar-refractivity contribution < 1.29 is 49.9 Å². The maximum atomic E-state index is 14.9. The molecule has 562 valence electrons. The van der Waals surface area contributed by atoms with Crippen LogP contribution in [0.2, 0.25) is 0 Å². The Morgan fingerprint density at radius 3 is 0.949 bits per heavy atom. The van der Waals surface area contributed by atoms with Crippen LogP contribution in [-0.4, -0.2) is 30.0 Å². The molecule has 0 atom stereocenters. The summed E-state index contributed by atoms with van der Waals surface area (Å²) in [6, 6.07) is 134. The predicted molar refractivity (Wildman–Crippen MR) is 488 cm³/mol. The molecule has 22 aromatic rings. The van der Waals surface area contributed by atoms with Crippen LogP contribution in [0.5, 0.6) is 0 Å². The molecule has 0 saturated carbocycles. The van der Waals surface area contributed by atoms with Crippen molar-refractivity contribution in [3.05, 3.63) is 438 Å². The monoisotopic (exact) mass is 1650 g/mol. The number of aromatic nitrogens is 5. The number of fused-ring (bicyclic) bond motifs is 21. The number of hydrogen-bond donors (Lipinski definition) is 0. The minimum Gasteiger partial charge on any atom is -1.00 e. The van der Waals surface area contributed by atoms with Crippen LogP contribution < -0.4 is 29.6 Å². The molecule has 0 bridgehead atoms. The molecule has 0 radical (unpaired) electrons. The van der Waals surface area contributed by atoms with Gasteiger partial charge >= 0.3 is 29.6 Å². The largest absolute Gasteiger partial charge is 1.00 e. The molecule has 11 heteroatoms. The van der Waals surface area contributed by atoms with Crippen molar-refractivity contribution in [3.63, 3.8) is 0 Å². The summed E-state index contributed by atoms with van der Waals surface area (Å²) in [4.78, 5) is 0. The van der Waals surface area contributed by atoms with Gasteiger partial charge in [0.2, 0.25) is 0 Å². The third-order valence-electron chi connectivity index (χ3n) is 22.3. The number of rotatable bonds is 5. The average Bonchev–Trinajstić information content (AvgIpc) is 1.58. The fourth-order valence-electron chi connectivity index (χ4n) is 17.4. The first-order valence-electron chi connectivity index (χ1n) is 39.0. The number of benzene rings is 17. The van der Waals surface area contributed by atoms with Crippen LogP contribution in [0, 0.1) is 21.0 Å². The second-order valence-electron chi connectivity index (χ2n) is 28.7. The van der Waals surface area contributed by atoms with E-state index in [0.717, 1.165) is 96.2 Å². The van der Waals surface area contributed by atoms with Crippen molar-refractivity contribution in [1.29, 1.82) is 0 Å². The Hall–Kier alpha value is -12.8. The van der Waals surface area contributed by atoms with E-state index in [4.69, 9.17) is 1.37 Å². The van der Waals surface area contributed by atoms with Crippen molar-refractivity contribution in [1.82, 2.24) is 22.8 Å². The first kappa shape index (κ1) is 75.5. The molecular formula is C106H77F4IN5Na. The molecular weight excluding hydrogens is 1570 g/mol. The number of hydrogen-bond acceptors (Lipinski definition) is 0. The first-order chi connectivity index (χ1) is 57.2. The number of nitrogens with zero attached hydrogens (tertiary/aromatic N) is 5. The van der Waals surface area contributed by atoms with Gasteiger partial charge in [-0.2, -0.15) is 0 Å². The van der Waals surface area contributed by atoms with Gasteiger partial charge in [0.15, 0.2) is 0 Å². The molecule has 2 aliphatic carbocycles. The minimum atomic E-state index is -1.00. The Morgan fingerprint density at radius 1 is 0.256 bits per heavy atom. The maximum absolute atomic E-state index is 14.9. The van der Waals surface area contributed by atoms with Gasteiger partial charge in [-0.05, 0) is 226 Å². The van der Waals surface area contributed by atoms with Crippen LogP contribution in [0.15, 0.2) is 394 Å². The second-order valence-corrected chi connectivity index (χ2v) is 29.9. The molecule has 0 amide bonds. The van der Waals surface area contributed by atoms with Crippen molar-refractivity contribution in [3.8, 4) is 50.7 Å². The van der Waals surface area contributed by atoms with Gasteiger partial charge in [-0.25, -0.2) is 13.2 Å². The van der Waals surface area contributed by atoms with Crippen LogP contribution in [0.3, 0.4) is 0 Å². The summed E-state index contributed by atoms with van der Waals surface area (Å²) in [5.74, 6) is -0.485. The average molecular weight is 1650 g/mol. The third-order valence-corrected chi connectivity index (χ3v) is 22.9. The van der Waals surface area contributed by atoms with E-state index in [1.807, 2.05) is 84.9 Å². The molecule has 0 N–H and O–H groups in total. The molecule has 5 aromatic heterocycles. The van der Waals surface area contributed by atoms with E-state index in [-0.39, 0.29) is 55.9 Å². The topological polar surface area (TPSA) is 24.6 Å². The Labute approximate surface area is 714 Å². The Morgan fingerprint density at radius 2 is 0.530 bits per heavy atom. The van der Waals surface area contributed by atoms with E-state index in [1.54, 1.807) is 18.2 Å². The Balaban J connectivity index is 0.000000114. The van der Waals surface area contributed by atoms with Crippen molar-refractivity contribution in [2.45, 2.75) is 20.3 Å². The van der Waals surface area contributed by atoms with E-state index in [9.17, 15) is 17.6 Å². The summed E-state index contributed by atoms with van der Waals surface area (Å²) in [5.41, 5.74) is 26.4. The van der Waals surface area contributed by atoms with Gasteiger partial charge < -0.3 is 24.3 Å². The molecule has 24 rings (SSSR count). The van der Waals surface area contributed by atoms with Crippen LogP contribution >= 0.6 is 22.6 Å². The summed E-state index contributed by atoms with van der Waals surface area (Å²) in [5, 5.41) is 10.6. The normalized spacial score (nSPS) is 11.6. The van der Waals surface area contributed by atoms with Gasteiger partial charge in [-0.3, -0.25) is 4.39 Å². The number of para-hydroxylation sites is 8. The van der Waals surface area contributed by atoms with Crippen LogP contribution in [-0.2, 0) is 12.8 Å². The van der Waals surface area contributed by atoms with Gasteiger partial charge in [0.1, 0.15) is 17.5 Å². The quantitative estimate of drug-likeness (QED) is 0.0932. The standard InChI is InChI=1S/2C30H19FN2.C18H12IN.C13H9F.C13H10.CH3F.CH4.Na.H/c2*31-25-13-8-16-29-30(25)23-12-5-7-15-27(23)33(29)21-17-18-28-24(19-21)22-11-4-6-14-26(22)32(28)20-9-2-1-3-10-20;19-13-10-11-18-16(12-13)15-8-4-5-9-17(15)20(18)14-6-2-1-3-7-14;14-12-7-3-5-10-8-9-4-1-2-6-11(9)13(10)12;1-3-7-12-10(5-1)9-11-6-2-4-8-13(11)12;1-2;;;/h2*1-19H;1-12H;1-7H,8H2;1-8H,9H2;1H3;1H4;;/q;;;;;;;+1;-1/i;;;;;1D;;;. The van der Waals surface area contributed by atoms with Crippen LogP contribution in [0.25, 0.3) is 160 Å². The number of alkyl halides is 1. The maximum Gasteiger partial charge on any atom is 1.00 e. The Bertz CT molecular complexity index is 7160. The molecule has 0 fully saturated rings. The summed E-state index contributed by atoms with van der Waals surface area (Å²) in [7, 11) is -1.00. The van der Waals surface area contributed by atoms with Crippen LogP contribution in [0.1, 0.15) is 32.5 Å². The molecule has 0 aliphatic heterocycles. The van der Waals surface area contributed by atoms with Gasteiger partial charge in [0.05, 0.1) is 63.7 Å². The zero-order valence-corrected chi connectivity index (χ0v) is 67.4. The molecule has 0 unspecified atom stereocenters. The second kappa shape index (κ2) is 33.2. The van der Waals surface area contributed by atoms with Gasteiger partial charge in [0, 0.05) is 91.4 Å². The summed E-state index contributed by atoms with van der Waals surface area (Å²) >= 11 is 2.38. The van der Waals surface area contributed by atoms with Gasteiger partial charge in [-0.1, -0.05) is 250 Å². The third kappa shape index (κ3) is 13.9. The SMILES string of the molecule is C.Fc1cccc2c1-c1ccccc1C2.Fc1cccc2c1c1ccccc1n2-c1ccc2c(c1)c1ccccc1n2-c1ccccc1.Fc1cccc2c1c1ccccc1n2-c1ccc2c(c1)c1ccccc1n2-c1ccccc1.Ic1ccc2c(c1)c1ccccc1n2-c1ccccc1.[2H]CF.[H-].[Na+].c1ccc2c(c1)Cc1ccccc1-2. The summed E-state index contributed by atoms with van der Waals surface area (Å²) < 4.78 is 71.4. The summed E-state index contributed by atoms with van der Waals surface area (Å²) in [6.07, 6.45) is 1.97. The molecule has 5 nitrogen and oxygen atoms in total. The zero-order chi connectivity index (χ0) is 78.3. The van der Waals surface area contributed by atoms with Gasteiger partial charge in [0.25, 0.3) is 0 Å². The first-order valence-corrected chi connectivity index (χ1v) is 39.4. The van der Waals surface area contributed by atoms with Gasteiger partial charge in [-0.15, -0.1) is 0 Å². The molecule has 2 aliphatic rings. The van der Waals surface area contributed by atoms with Crippen molar-refractivity contribution in [2.75, 3.05) is 7.15 Å². The van der Waals surface area contributed by atoms with E-state index < -0.39 is 7.15 Å². The van der Waals surface area contributed by atoms with E-state index in [1.165, 1.54) is 110 Å². The van der Waals surface area contributed by atoms with E-state index >= 15 is 0 Å². The molecule has 0 spiro atoms. The van der Waals surface area contributed by atoms with Crippen molar-refractivity contribution >= 4 is 132 Å². The number of halogens is 5. The van der Waals surface area contributed by atoms with E-state index in [0.29, 0.717) is 10.8 Å². The molecule has 17 aromatic carbocycles. The smallest absolute Gasteiger partial charge is 1.00 e. The molecule has 0 saturated heterocycles. The molecule has 117 heavy (non-hydrogen) atoms. The molecule has 5 heterocycles. The fraction of sp³-hybridized carbons (Fsp3) is 0.0377.